The van der Waals surface area contributed by atoms with Crippen LogP contribution in [-0.2, 0) is 0 Å². The number of nitrogens with one attached hydrogen (secondary N) is 1. The summed E-state index contributed by atoms with van der Waals surface area (Å²) in [6, 6.07) is 5.04. The number of halogens is 2. The van der Waals surface area contributed by atoms with Crippen LogP contribution < -0.4 is 5.32 Å². The molecule has 1 aromatic carbocycles. The molecule has 1 heterocycles. The van der Waals surface area contributed by atoms with Gasteiger partial charge in [0, 0.05) is 36.8 Å². The van der Waals surface area contributed by atoms with Crippen LogP contribution in [0.5, 0.6) is 5.75 Å². The molecule has 1 aliphatic heterocycles. The van der Waals surface area contributed by atoms with Gasteiger partial charge in [-0.1, -0.05) is 23.2 Å². The molecule has 1 aromatic rings. The summed E-state index contributed by atoms with van der Waals surface area (Å²) in [4.78, 5) is 2.16. The number of hydrogen-bond acceptors (Lipinski definition) is 4. The fourth-order valence-electron chi connectivity index (χ4n) is 2.40. The average Bonchev–Trinajstić information content (AvgIpc) is 2.37. The molecule has 0 radical (unpaired) electrons. The molecule has 0 unspecified atom stereocenters. The molecule has 0 spiro atoms. The summed E-state index contributed by atoms with van der Waals surface area (Å²) < 4.78 is 0. The van der Waals surface area contributed by atoms with E-state index in [-0.39, 0.29) is 18.2 Å². The van der Waals surface area contributed by atoms with Gasteiger partial charge in [0.1, 0.15) is 5.75 Å². The maximum Gasteiger partial charge on any atom is 0.123 e. The summed E-state index contributed by atoms with van der Waals surface area (Å²) in [6.07, 6.45) is 0.287. The topological polar surface area (TPSA) is 59.3 Å². The second-order valence-corrected chi connectivity index (χ2v) is 5.33. The molecular weight excluding hydrogens is 285 g/mol. The molecule has 6 heteroatoms. The van der Waals surface area contributed by atoms with Crippen molar-refractivity contribution in [3.8, 4) is 11.8 Å². The number of piperazine rings is 1. The Kier molecular flexibility index (Phi) is 4.89. The minimum Gasteiger partial charge on any atom is -0.507 e. The Hall–Kier alpha value is -0.990. The van der Waals surface area contributed by atoms with Crippen LogP contribution in [0, 0.1) is 11.3 Å². The number of nitrogens with zero attached hydrogens (tertiary/aromatic N) is 2. The summed E-state index contributed by atoms with van der Waals surface area (Å²) >= 11 is 12.0. The quantitative estimate of drug-likeness (QED) is 0.900. The molecule has 1 saturated heterocycles. The third-order valence-electron chi connectivity index (χ3n) is 3.28. The first kappa shape index (κ1) is 14.4. The van der Waals surface area contributed by atoms with E-state index >= 15 is 0 Å². The highest BCUT2D eigenvalue weighted by Crippen LogP contribution is 2.38. The second-order valence-electron chi connectivity index (χ2n) is 4.48. The van der Waals surface area contributed by atoms with E-state index < -0.39 is 0 Å². The minimum atomic E-state index is -0.197. The van der Waals surface area contributed by atoms with Gasteiger partial charge in [-0.3, -0.25) is 4.90 Å². The lowest BCUT2D eigenvalue weighted by Gasteiger charge is -2.34. The Bertz CT molecular complexity index is 472. The van der Waals surface area contributed by atoms with Crippen molar-refractivity contribution >= 4 is 23.2 Å². The Labute approximate surface area is 122 Å². The van der Waals surface area contributed by atoms with Crippen molar-refractivity contribution in [2.24, 2.45) is 0 Å². The van der Waals surface area contributed by atoms with E-state index in [9.17, 15) is 5.11 Å². The largest absolute Gasteiger partial charge is 0.507 e. The van der Waals surface area contributed by atoms with Crippen LogP contribution in [0.2, 0.25) is 10.0 Å². The average molecular weight is 300 g/mol. The summed E-state index contributed by atoms with van der Waals surface area (Å²) in [5, 5.41) is 23.2. The maximum absolute atomic E-state index is 10.1. The van der Waals surface area contributed by atoms with E-state index in [1.54, 1.807) is 6.07 Å². The highest BCUT2D eigenvalue weighted by molar-refractivity contribution is 6.35. The number of aromatic hydroxyl groups is 1. The van der Waals surface area contributed by atoms with Gasteiger partial charge in [-0.15, -0.1) is 0 Å². The number of phenols is 1. The number of benzene rings is 1. The maximum atomic E-state index is 10.1. The third-order valence-corrected chi connectivity index (χ3v) is 3.81. The number of hydrogen-bond donors (Lipinski definition) is 2. The summed E-state index contributed by atoms with van der Waals surface area (Å²) in [7, 11) is 0. The SMILES string of the molecule is N#CC[C@@H](c1c(O)cc(Cl)cc1Cl)N1CCNCC1. The second kappa shape index (κ2) is 6.44. The highest BCUT2D eigenvalue weighted by Gasteiger charge is 2.26. The van der Waals surface area contributed by atoms with Crippen molar-refractivity contribution in [3.05, 3.63) is 27.7 Å². The van der Waals surface area contributed by atoms with Gasteiger partial charge in [0.25, 0.3) is 0 Å². The zero-order valence-corrected chi connectivity index (χ0v) is 11.9. The lowest BCUT2D eigenvalue weighted by atomic mass is 10.0. The Morgan fingerprint density at radius 2 is 2.05 bits per heavy atom. The van der Waals surface area contributed by atoms with E-state index in [4.69, 9.17) is 28.5 Å². The fraction of sp³-hybridized carbons (Fsp3) is 0.462. The highest BCUT2D eigenvalue weighted by atomic mass is 35.5. The first-order valence-electron chi connectivity index (χ1n) is 6.13. The normalized spacial score (nSPS) is 17.9. The lowest BCUT2D eigenvalue weighted by molar-refractivity contribution is 0.173. The molecule has 1 aliphatic rings. The molecule has 1 atom stereocenters. The Balaban J connectivity index is 2.36. The monoisotopic (exact) mass is 299 g/mol. The van der Waals surface area contributed by atoms with Crippen molar-refractivity contribution in [1.82, 2.24) is 10.2 Å². The number of nitriles is 1. The zero-order chi connectivity index (χ0) is 13.8. The molecule has 0 amide bonds. The van der Waals surface area contributed by atoms with E-state index in [1.165, 1.54) is 6.07 Å². The lowest BCUT2D eigenvalue weighted by Crippen LogP contribution is -2.45. The van der Waals surface area contributed by atoms with Crippen LogP contribution >= 0.6 is 23.2 Å². The van der Waals surface area contributed by atoms with Crippen LogP contribution in [0.4, 0.5) is 0 Å². The molecule has 2 N–H and O–H groups in total. The van der Waals surface area contributed by atoms with E-state index in [0.29, 0.717) is 15.6 Å². The molecule has 0 saturated carbocycles. The molecule has 0 bridgehead atoms. The summed E-state index contributed by atoms with van der Waals surface area (Å²) in [5.41, 5.74) is 0.592. The van der Waals surface area contributed by atoms with Crippen LogP contribution in [-0.4, -0.2) is 36.2 Å². The fourth-order valence-corrected chi connectivity index (χ4v) is 3.00. The first-order valence-corrected chi connectivity index (χ1v) is 6.88. The van der Waals surface area contributed by atoms with Crippen molar-refractivity contribution in [1.29, 1.82) is 5.26 Å². The van der Waals surface area contributed by atoms with Crippen molar-refractivity contribution < 1.29 is 5.11 Å². The van der Waals surface area contributed by atoms with Crippen LogP contribution in [0.25, 0.3) is 0 Å². The number of rotatable bonds is 3. The number of phenolic OH excluding ortho intramolecular Hbond substituents is 1. The van der Waals surface area contributed by atoms with Crippen molar-refractivity contribution in [2.75, 3.05) is 26.2 Å². The van der Waals surface area contributed by atoms with Gasteiger partial charge < -0.3 is 10.4 Å². The Morgan fingerprint density at radius 1 is 1.37 bits per heavy atom. The van der Waals surface area contributed by atoms with Gasteiger partial charge >= 0.3 is 0 Å². The van der Waals surface area contributed by atoms with Crippen molar-refractivity contribution in [2.45, 2.75) is 12.5 Å². The Morgan fingerprint density at radius 3 is 2.63 bits per heavy atom. The minimum absolute atomic E-state index is 0.0521. The summed E-state index contributed by atoms with van der Waals surface area (Å²) in [6.45, 7) is 3.39. The van der Waals surface area contributed by atoms with Gasteiger partial charge in [-0.25, -0.2) is 0 Å². The zero-order valence-electron chi connectivity index (χ0n) is 10.4. The smallest absolute Gasteiger partial charge is 0.123 e. The molecule has 4 nitrogen and oxygen atoms in total. The molecule has 0 aliphatic carbocycles. The van der Waals surface area contributed by atoms with Gasteiger partial charge in [0.05, 0.1) is 23.6 Å². The standard InChI is InChI=1S/C13H15Cl2N3O/c14-9-7-10(15)13(12(19)8-9)11(1-2-16)18-5-3-17-4-6-18/h7-8,11,17,19H,1,3-6H2/t11-/m0/s1. The molecular formula is C13H15Cl2N3O. The van der Waals surface area contributed by atoms with Gasteiger partial charge in [-0.05, 0) is 12.1 Å². The molecule has 19 heavy (non-hydrogen) atoms. The van der Waals surface area contributed by atoms with Gasteiger partial charge in [0.15, 0.2) is 0 Å². The van der Waals surface area contributed by atoms with Gasteiger partial charge in [0.2, 0.25) is 0 Å². The van der Waals surface area contributed by atoms with Crippen LogP contribution in [0.1, 0.15) is 18.0 Å². The van der Waals surface area contributed by atoms with E-state index in [1.807, 2.05) is 0 Å². The van der Waals surface area contributed by atoms with E-state index in [2.05, 4.69) is 16.3 Å². The van der Waals surface area contributed by atoms with E-state index in [0.717, 1.165) is 26.2 Å². The van der Waals surface area contributed by atoms with Crippen LogP contribution in [0.3, 0.4) is 0 Å². The molecule has 1 fully saturated rings. The van der Waals surface area contributed by atoms with Crippen molar-refractivity contribution in [3.63, 3.8) is 0 Å². The third kappa shape index (κ3) is 3.31. The van der Waals surface area contributed by atoms with Crippen LogP contribution in [0.15, 0.2) is 12.1 Å². The summed E-state index contributed by atoms with van der Waals surface area (Å²) in [5.74, 6) is 0.0521. The molecule has 0 aromatic heterocycles. The predicted molar refractivity (Wildman–Crippen MR) is 75.5 cm³/mol. The van der Waals surface area contributed by atoms with Gasteiger partial charge in [-0.2, -0.15) is 5.26 Å². The predicted octanol–water partition coefficient (Wildman–Crippen LogP) is 2.56. The molecule has 2 rings (SSSR count). The molecule has 102 valence electrons. The first-order chi connectivity index (χ1) is 9.13.